The summed E-state index contributed by atoms with van der Waals surface area (Å²) in [7, 11) is 0. The molecule has 0 rings (SSSR count). The van der Waals surface area contributed by atoms with Gasteiger partial charge in [0.15, 0.2) is 0 Å². The highest BCUT2D eigenvalue weighted by Gasteiger charge is 2.05. The van der Waals surface area contributed by atoms with Gasteiger partial charge >= 0.3 is 0 Å². The van der Waals surface area contributed by atoms with E-state index in [1.165, 1.54) is 347 Å². The molecule has 77 heavy (non-hydrogen) atoms. The molecule has 0 aliphatic rings. The molecule has 0 heterocycles. The van der Waals surface area contributed by atoms with Gasteiger partial charge < -0.3 is 15.7 Å². The lowest BCUT2D eigenvalue weighted by molar-refractivity contribution is -0.121. The van der Waals surface area contributed by atoms with E-state index in [9.17, 15) is 9.59 Å². The van der Waals surface area contributed by atoms with Gasteiger partial charge in [-0.05, 0) is 58.0 Å². The first-order valence-corrected chi connectivity index (χ1v) is 36.3. The van der Waals surface area contributed by atoms with Crippen molar-refractivity contribution in [2.24, 2.45) is 0 Å². The summed E-state index contributed by atoms with van der Waals surface area (Å²) in [6.07, 6.45) is 87.6. The number of Topliss-reactive ketones (excluding diaryl/α,β-unsaturated/α-hetero) is 1. The van der Waals surface area contributed by atoms with Crippen LogP contribution in [0.3, 0.4) is 0 Å². The van der Waals surface area contributed by atoms with Crippen LogP contribution in [-0.2, 0) is 9.59 Å². The lowest BCUT2D eigenvalue weighted by atomic mass is 10.0. The van der Waals surface area contributed by atoms with E-state index >= 15 is 0 Å². The maximum Gasteiger partial charge on any atom is 0.219 e. The Labute approximate surface area is 485 Å². The molecular formula is C72H144N2O3. The van der Waals surface area contributed by atoms with E-state index in [1.54, 1.807) is 0 Å². The third kappa shape index (κ3) is 71.1. The molecule has 0 unspecified atom stereocenters. The van der Waals surface area contributed by atoms with Crippen LogP contribution in [0.1, 0.15) is 424 Å². The summed E-state index contributed by atoms with van der Waals surface area (Å²) < 4.78 is 0. The standard InChI is InChI=1S/C72H144N2O3/c1-2-3-4-5-6-7-8-9-10-11-12-13-14-15-16-17-18-19-20-21-22-23-24-25-26-27-28-29-30-31-32-33-34-35-36-37-38-39-40-41-42-43-45-48-51-57-64-71(76)65-58-53-54-60-67-73-68-61-56-62-69-74-72(77)66-59-52-49-46-44-47-50-55-63-70-75/h73,75H,2-70H2,1H3,(H,74,77). The van der Waals surface area contributed by atoms with Crippen LogP contribution in [0.2, 0.25) is 0 Å². The number of aliphatic hydroxyl groups is 1. The van der Waals surface area contributed by atoms with Crippen molar-refractivity contribution in [1.82, 2.24) is 10.6 Å². The molecule has 0 radical (unpaired) electrons. The van der Waals surface area contributed by atoms with Crippen molar-refractivity contribution in [3.8, 4) is 0 Å². The highest BCUT2D eigenvalue weighted by atomic mass is 16.3. The monoisotopic (exact) mass is 1090 g/mol. The Morgan fingerprint density at radius 3 is 0.688 bits per heavy atom. The Kier molecular flexibility index (Phi) is 70.3. The molecule has 0 fully saturated rings. The molecule has 1 amide bonds. The highest BCUT2D eigenvalue weighted by molar-refractivity contribution is 5.78. The number of nitrogens with one attached hydrogen (secondary N) is 2. The third-order valence-electron chi connectivity index (χ3n) is 17.3. The Balaban J connectivity index is 3.16. The SMILES string of the molecule is CCCCCCCCCCCCCCCCCCCCCCCCCCCCCCCCCCCCCCCCCCCCCCCCC(=O)CCCCCCNCCCCCNC(=O)CCCCCCCCCCCO. The fourth-order valence-electron chi connectivity index (χ4n) is 11.9. The second-order valence-corrected chi connectivity index (χ2v) is 25.2. The van der Waals surface area contributed by atoms with Gasteiger partial charge in [0.2, 0.25) is 5.91 Å². The predicted octanol–water partition coefficient (Wildman–Crippen LogP) is 23.6. The number of unbranched alkanes of at least 4 members (excludes halogenated alkanes) is 58. The minimum Gasteiger partial charge on any atom is -0.396 e. The first-order valence-electron chi connectivity index (χ1n) is 36.3. The van der Waals surface area contributed by atoms with E-state index < -0.39 is 0 Å². The van der Waals surface area contributed by atoms with E-state index in [-0.39, 0.29) is 5.91 Å². The summed E-state index contributed by atoms with van der Waals surface area (Å²) in [6, 6.07) is 0. The summed E-state index contributed by atoms with van der Waals surface area (Å²) in [4.78, 5) is 24.4. The van der Waals surface area contributed by atoms with Gasteiger partial charge in [0, 0.05) is 32.4 Å². The van der Waals surface area contributed by atoms with Crippen LogP contribution in [0.5, 0.6) is 0 Å². The fourth-order valence-corrected chi connectivity index (χ4v) is 11.9. The zero-order chi connectivity index (χ0) is 55.4. The first kappa shape index (κ1) is 76.1. The van der Waals surface area contributed by atoms with E-state index in [1.807, 2.05) is 0 Å². The van der Waals surface area contributed by atoms with E-state index in [0.717, 1.165) is 83.8 Å². The predicted molar refractivity (Wildman–Crippen MR) is 344 cm³/mol. The molecule has 0 bridgehead atoms. The van der Waals surface area contributed by atoms with Crippen molar-refractivity contribution in [2.45, 2.75) is 424 Å². The number of carbonyl (C=O) groups excluding carboxylic acids is 2. The molecule has 0 saturated heterocycles. The number of carbonyl (C=O) groups is 2. The number of rotatable bonds is 71. The second kappa shape index (κ2) is 71.2. The zero-order valence-corrected chi connectivity index (χ0v) is 53.1. The van der Waals surface area contributed by atoms with Gasteiger partial charge in [-0.25, -0.2) is 0 Å². The summed E-state index contributed by atoms with van der Waals surface area (Å²) in [5.41, 5.74) is 0. The van der Waals surface area contributed by atoms with Crippen LogP contribution in [0.4, 0.5) is 0 Å². The molecule has 0 aromatic carbocycles. The molecule has 460 valence electrons. The number of aliphatic hydroxyl groups excluding tert-OH is 1. The Bertz CT molecular complexity index is 1080. The van der Waals surface area contributed by atoms with Crippen molar-refractivity contribution in [3.63, 3.8) is 0 Å². The average Bonchev–Trinajstić information content (AvgIpc) is 3.43. The Morgan fingerprint density at radius 1 is 0.234 bits per heavy atom. The van der Waals surface area contributed by atoms with E-state index in [2.05, 4.69) is 17.6 Å². The van der Waals surface area contributed by atoms with Gasteiger partial charge in [-0.15, -0.1) is 0 Å². The van der Waals surface area contributed by atoms with Crippen molar-refractivity contribution in [2.75, 3.05) is 26.2 Å². The van der Waals surface area contributed by atoms with Crippen molar-refractivity contribution >= 4 is 11.7 Å². The molecule has 0 aromatic rings. The molecule has 0 saturated carbocycles. The fraction of sp³-hybridized carbons (Fsp3) is 0.972. The minimum absolute atomic E-state index is 0.219. The van der Waals surface area contributed by atoms with Gasteiger partial charge in [-0.1, -0.05) is 360 Å². The molecule has 0 aromatic heterocycles. The highest BCUT2D eigenvalue weighted by Crippen LogP contribution is 2.20. The molecule has 0 spiro atoms. The number of amides is 1. The largest absolute Gasteiger partial charge is 0.396 e. The van der Waals surface area contributed by atoms with Gasteiger partial charge in [-0.2, -0.15) is 0 Å². The van der Waals surface area contributed by atoms with Crippen molar-refractivity contribution in [1.29, 1.82) is 0 Å². The Morgan fingerprint density at radius 2 is 0.429 bits per heavy atom. The smallest absolute Gasteiger partial charge is 0.219 e. The van der Waals surface area contributed by atoms with Gasteiger partial charge in [-0.3, -0.25) is 9.59 Å². The van der Waals surface area contributed by atoms with Crippen LogP contribution in [0.25, 0.3) is 0 Å². The van der Waals surface area contributed by atoms with Crippen molar-refractivity contribution in [3.05, 3.63) is 0 Å². The second-order valence-electron chi connectivity index (χ2n) is 25.2. The number of ketones is 1. The quantitative estimate of drug-likeness (QED) is 0.0531. The summed E-state index contributed by atoms with van der Waals surface area (Å²) >= 11 is 0. The lowest BCUT2D eigenvalue weighted by Gasteiger charge is -2.07. The van der Waals surface area contributed by atoms with Crippen molar-refractivity contribution < 1.29 is 14.7 Å². The molecule has 0 aliphatic carbocycles. The molecule has 3 N–H and O–H groups in total. The third-order valence-corrected chi connectivity index (χ3v) is 17.3. The summed E-state index contributed by atoms with van der Waals surface area (Å²) in [5, 5.41) is 15.5. The number of hydrogen-bond donors (Lipinski definition) is 3. The van der Waals surface area contributed by atoms with Crippen LogP contribution in [0, 0.1) is 0 Å². The number of hydrogen-bond acceptors (Lipinski definition) is 4. The van der Waals surface area contributed by atoms with Crippen LogP contribution >= 0.6 is 0 Å². The molecular weight excluding hydrogens is 941 g/mol. The van der Waals surface area contributed by atoms with E-state index in [0.29, 0.717) is 18.8 Å². The maximum atomic E-state index is 12.4. The van der Waals surface area contributed by atoms with Gasteiger partial charge in [0.1, 0.15) is 5.78 Å². The molecule has 0 atom stereocenters. The molecule has 5 nitrogen and oxygen atoms in total. The first-order chi connectivity index (χ1) is 38.2. The van der Waals surface area contributed by atoms with Gasteiger partial charge in [0.25, 0.3) is 0 Å². The average molecular weight is 1090 g/mol. The maximum absolute atomic E-state index is 12.4. The Hall–Kier alpha value is -0.940. The summed E-state index contributed by atoms with van der Waals surface area (Å²) in [5.74, 6) is 0.710. The van der Waals surface area contributed by atoms with E-state index in [4.69, 9.17) is 5.11 Å². The normalized spacial score (nSPS) is 11.6. The topological polar surface area (TPSA) is 78.4 Å². The molecule has 0 aliphatic heterocycles. The van der Waals surface area contributed by atoms with Crippen LogP contribution in [0.15, 0.2) is 0 Å². The lowest BCUT2D eigenvalue weighted by Crippen LogP contribution is -2.24. The van der Waals surface area contributed by atoms with Crippen LogP contribution in [-0.4, -0.2) is 43.0 Å². The zero-order valence-electron chi connectivity index (χ0n) is 53.1. The molecule has 5 heteroatoms. The summed E-state index contributed by atoms with van der Waals surface area (Å²) in [6.45, 7) is 5.59. The van der Waals surface area contributed by atoms with Gasteiger partial charge in [0.05, 0.1) is 0 Å². The minimum atomic E-state index is 0.219. The van der Waals surface area contributed by atoms with Crippen LogP contribution < -0.4 is 10.6 Å².